The Morgan fingerprint density at radius 2 is 2.12 bits per heavy atom. The topological polar surface area (TPSA) is 64.9 Å². The Labute approximate surface area is 104 Å². The number of hydrogen-bond acceptors (Lipinski definition) is 2. The maximum absolute atomic E-state index is 11.7. The molecule has 1 saturated carbocycles. The summed E-state index contributed by atoms with van der Waals surface area (Å²) in [5.74, 6) is 0.668. The van der Waals surface area contributed by atoms with Crippen molar-refractivity contribution in [2.24, 2.45) is 5.92 Å². The Balaban J connectivity index is 2.41. The van der Waals surface area contributed by atoms with E-state index in [1.165, 1.54) is 0 Å². The van der Waals surface area contributed by atoms with Crippen LogP contribution in [0.2, 0.25) is 0 Å². The first-order valence-electron chi connectivity index (χ1n) is 6.59. The predicted molar refractivity (Wildman–Crippen MR) is 67.4 cm³/mol. The zero-order chi connectivity index (χ0) is 12.7. The highest BCUT2D eigenvalue weighted by molar-refractivity contribution is 5.75. The first kappa shape index (κ1) is 13.8. The molecule has 2 amide bonds. The molecule has 0 aromatic heterocycles. The molecule has 0 atom stereocenters. The van der Waals surface area contributed by atoms with E-state index in [4.69, 9.17) is 0 Å². The fourth-order valence-corrected chi connectivity index (χ4v) is 2.16. The van der Waals surface area contributed by atoms with Crippen LogP contribution in [-0.4, -0.2) is 18.1 Å². The molecule has 4 nitrogen and oxygen atoms in total. The van der Waals surface area contributed by atoms with Crippen LogP contribution in [-0.2, 0) is 0 Å². The molecule has 0 saturated heterocycles. The number of urea groups is 1. The number of nitriles is 1. The zero-order valence-corrected chi connectivity index (χ0v) is 10.9. The van der Waals surface area contributed by atoms with Gasteiger partial charge in [-0.05, 0) is 38.0 Å². The minimum absolute atomic E-state index is 0.199. The Morgan fingerprint density at radius 1 is 1.47 bits per heavy atom. The summed E-state index contributed by atoms with van der Waals surface area (Å²) in [5, 5.41) is 14.9. The van der Waals surface area contributed by atoms with Crippen LogP contribution in [0.4, 0.5) is 4.79 Å². The van der Waals surface area contributed by atoms with E-state index in [9.17, 15) is 10.1 Å². The number of nitrogens with one attached hydrogen (secondary N) is 2. The third kappa shape index (κ3) is 4.26. The van der Waals surface area contributed by atoms with Gasteiger partial charge in [0.05, 0.1) is 6.07 Å². The van der Waals surface area contributed by atoms with E-state index >= 15 is 0 Å². The largest absolute Gasteiger partial charge is 0.338 e. The van der Waals surface area contributed by atoms with E-state index in [-0.39, 0.29) is 6.03 Å². The maximum atomic E-state index is 11.7. The number of unbranched alkanes of at least 4 members (excludes halogenated alkanes) is 1. The van der Waals surface area contributed by atoms with Gasteiger partial charge in [0.25, 0.3) is 0 Å². The molecule has 0 bridgehead atoms. The van der Waals surface area contributed by atoms with Gasteiger partial charge in [0.15, 0.2) is 0 Å². The van der Waals surface area contributed by atoms with Crippen molar-refractivity contribution < 1.29 is 4.79 Å². The van der Waals surface area contributed by atoms with Gasteiger partial charge in [0, 0.05) is 6.54 Å². The van der Waals surface area contributed by atoms with Crippen LogP contribution in [0.3, 0.4) is 0 Å². The lowest BCUT2D eigenvalue weighted by Gasteiger charge is -2.34. The second kappa shape index (κ2) is 6.48. The molecule has 96 valence electrons. The van der Waals surface area contributed by atoms with Gasteiger partial charge in [0.1, 0.15) is 5.54 Å². The van der Waals surface area contributed by atoms with Crippen LogP contribution in [0, 0.1) is 17.2 Å². The first-order chi connectivity index (χ1) is 8.12. The van der Waals surface area contributed by atoms with Gasteiger partial charge in [-0.15, -0.1) is 0 Å². The van der Waals surface area contributed by atoms with Crippen molar-refractivity contribution in [3.8, 4) is 6.07 Å². The van der Waals surface area contributed by atoms with Crippen molar-refractivity contribution in [2.75, 3.05) is 6.54 Å². The second-order valence-electron chi connectivity index (χ2n) is 5.11. The lowest BCUT2D eigenvalue weighted by Crippen LogP contribution is -2.53. The molecule has 4 heteroatoms. The van der Waals surface area contributed by atoms with Crippen molar-refractivity contribution in [1.82, 2.24) is 10.6 Å². The van der Waals surface area contributed by atoms with E-state index < -0.39 is 5.54 Å². The van der Waals surface area contributed by atoms with Crippen molar-refractivity contribution in [2.45, 2.75) is 57.9 Å². The van der Waals surface area contributed by atoms with Crippen LogP contribution >= 0.6 is 0 Å². The molecule has 1 aliphatic carbocycles. The average Bonchev–Trinajstić information content (AvgIpc) is 2.33. The number of rotatable bonds is 4. The van der Waals surface area contributed by atoms with Gasteiger partial charge in [-0.25, -0.2) is 4.79 Å². The minimum atomic E-state index is -0.636. The lowest BCUT2D eigenvalue weighted by molar-refractivity contribution is 0.212. The van der Waals surface area contributed by atoms with Crippen molar-refractivity contribution in [3.05, 3.63) is 0 Å². The molecule has 0 aromatic rings. The molecule has 1 fully saturated rings. The summed E-state index contributed by atoms with van der Waals surface area (Å²) in [6, 6.07) is 2.09. The Morgan fingerprint density at radius 3 is 2.65 bits per heavy atom. The van der Waals surface area contributed by atoms with Crippen molar-refractivity contribution >= 4 is 6.03 Å². The standard InChI is InChI=1S/C13H23N3O/c1-3-4-9-15-12(17)16-13(10-14)7-5-11(2)6-8-13/h11H,3-9H2,1-2H3,(H2,15,16,17). The summed E-state index contributed by atoms with van der Waals surface area (Å²) < 4.78 is 0. The summed E-state index contributed by atoms with van der Waals surface area (Å²) >= 11 is 0. The molecule has 2 N–H and O–H groups in total. The zero-order valence-electron chi connectivity index (χ0n) is 10.9. The smallest absolute Gasteiger partial charge is 0.316 e. The quantitative estimate of drug-likeness (QED) is 0.738. The molecule has 17 heavy (non-hydrogen) atoms. The first-order valence-corrected chi connectivity index (χ1v) is 6.59. The second-order valence-corrected chi connectivity index (χ2v) is 5.11. The van der Waals surface area contributed by atoms with Crippen LogP contribution in [0.15, 0.2) is 0 Å². The van der Waals surface area contributed by atoms with Crippen molar-refractivity contribution in [3.63, 3.8) is 0 Å². The molecule has 1 aliphatic rings. The molecule has 0 aliphatic heterocycles. The Kier molecular flexibility index (Phi) is 5.27. The van der Waals surface area contributed by atoms with Crippen LogP contribution < -0.4 is 10.6 Å². The molecular weight excluding hydrogens is 214 g/mol. The summed E-state index contributed by atoms with van der Waals surface area (Å²) in [6.45, 7) is 4.96. The van der Waals surface area contributed by atoms with Gasteiger partial charge in [0.2, 0.25) is 0 Å². The van der Waals surface area contributed by atoms with Gasteiger partial charge in [-0.1, -0.05) is 20.3 Å². The molecular formula is C13H23N3O. The summed E-state index contributed by atoms with van der Waals surface area (Å²) in [7, 11) is 0. The Bertz CT molecular complexity index is 288. The summed E-state index contributed by atoms with van der Waals surface area (Å²) in [6.07, 6.45) is 5.61. The van der Waals surface area contributed by atoms with Gasteiger partial charge in [-0.2, -0.15) is 5.26 Å². The van der Waals surface area contributed by atoms with Gasteiger partial charge in [-0.3, -0.25) is 0 Å². The monoisotopic (exact) mass is 237 g/mol. The molecule has 0 heterocycles. The molecule has 0 radical (unpaired) electrons. The fourth-order valence-electron chi connectivity index (χ4n) is 2.16. The van der Waals surface area contributed by atoms with Gasteiger partial charge < -0.3 is 10.6 Å². The highest BCUT2D eigenvalue weighted by Gasteiger charge is 2.35. The lowest BCUT2D eigenvalue weighted by atomic mass is 9.78. The number of nitrogens with zero attached hydrogens (tertiary/aromatic N) is 1. The minimum Gasteiger partial charge on any atom is -0.338 e. The van der Waals surface area contributed by atoms with E-state index in [1.54, 1.807) is 0 Å². The normalized spacial score (nSPS) is 28.2. The summed E-state index contributed by atoms with van der Waals surface area (Å²) in [5.41, 5.74) is -0.636. The molecule has 0 aromatic carbocycles. The SMILES string of the molecule is CCCCNC(=O)NC1(C#N)CCC(C)CC1. The number of hydrogen-bond donors (Lipinski definition) is 2. The number of carbonyl (C=O) groups is 1. The van der Waals surface area contributed by atoms with E-state index in [1.807, 2.05) is 0 Å². The number of carbonyl (C=O) groups excluding carboxylic acids is 1. The summed E-state index contributed by atoms with van der Waals surface area (Å²) in [4.78, 5) is 11.7. The maximum Gasteiger partial charge on any atom is 0.316 e. The Hall–Kier alpha value is -1.24. The predicted octanol–water partition coefficient (Wildman–Crippen LogP) is 2.56. The van der Waals surface area contributed by atoms with E-state index in [0.29, 0.717) is 12.5 Å². The van der Waals surface area contributed by atoms with E-state index in [0.717, 1.165) is 38.5 Å². The van der Waals surface area contributed by atoms with E-state index in [2.05, 4.69) is 30.6 Å². The number of amides is 2. The molecule has 1 rings (SSSR count). The third-order valence-electron chi connectivity index (χ3n) is 3.51. The van der Waals surface area contributed by atoms with Gasteiger partial charge >= 0.3 is 6.03 Å². The highest BCUT2D eigenvalue weighted by Crippen LogP contribution is 2.31. The molecule has 0 spiro atoms. The highest BCUT2D eigenvalue weighted by atomic mass is 16.2. The van der Waals surface area contributed by atoms with Crippen molar-refractivity contribution in [1.29, 1.82) is 5.26 Å². The third-order valence-corrected chi connectivity index (χ3v) is 3.51. The van der Waals surface area contributed by atoms with Crippen LogP contribution in [0.5, 0.6) is 0 Å². The molecule has 0 unspecified atom stereocenters. The fraction of sp³-hybridized carbons (Fsp3) is 0.846. The van der Waals surface area contributed by atoms with Crippen LogP contribution in [0.1, 0.15) is 52.4 Å². The average molecular weight is 237 g/mol. The van der Waals surface area contributed by atoms with Crippen LogP contribution in [0.25, 0.3) is 0 Å².